The first-order valence-corrected chi connectivity index (χ1v) is 41.0. The first-order valence-electron chi connectivity index (χ1n) is 38.0. The molecule has 3 N–H and O–H groups in total. The molecule has 0 radical (unpaired) electrons. The van der Waals surface area contributed by atoms with Crippen LogP contribution in [0.1, 0.15) is 375 Å². The van der Waals surface area contributed by atoms with E-state index in [0.29, 0.717) is 25.7 Å². The molecular formula is C73H142O17P2. The topological polar surface area (TPSA) is 237 Å². The molecule has 546 valence electrons. The summed E-state index contributed by atoms with van der Waals surface area (Å²) in [5.41, 5.74) is 0. The van der Waals surface area contributed by atoms with Gasteiger partial charge < -0.3 is 33.8 Å². The molecule has 0 amide bonds. The molecular weight excluding hydrogens is 1210 g/mol. The van der Waals surface area contributed by atoms with Crippen LogP contribution in [0.15, 0.2) is 0 Å². The van der Waals surface area contributed by atoms with Crippen molar-refractivity contribution in [3.05, 3.63) is 0 Å². The molecule has 3 unspecified atom stereocenters. The van der Waals surface area contributed by atoms with E-state index in [2.05, 4.69) is 41.5 Å². The van der Waals surface area contributed by atoms with Gasteiger partial charge in [0, 0.05) is 25.7 Å². The Balaban J connectivity index is 5.20. The maximum atomic E-state index is 13.1. The number of aliphatic hydroxyl groups excluding tert-OH is 1. The lowest BCUT2D eigenvalue weighted by Crippen LogP contribution is -2.30. The summed E-state index contributed by atoms with van der Waals surface area (Å²) in [4.78, 5) is 72.5. The number of esters is 4. The average molecular weight is 1350 g/mol. The molecule has 0 aliphatic rings. The number of carbonyl (C=O) groups excluding carboxylic acids is 4. The highest BCUT2D eigenvalue weighted by atomic mass is 31.2. The summed E-state index contributed by atoms with van der Waals surface area (Å²) in [5, 5.41) is 10.6. The Hall–Kier alpha value is -1.94. The second kappa shape index (κ2) is 65.0. The van der Waals surface area contributed by atoms with Crippen molar-refractivity contribution in [3.63, 3.8) is 0 Å². The van der Waals surface area contributed by atoms with Crippen LogP contribution in [0.3, 0.4) is 0 Å². The number of rotatable bonds is 72. The van der Waals surface area contributed by atoms with Crippen LogP contribution >= 0.6 is 15.6 Å². The molecule has 0 heterocycles. The number of unbranched alkanes of at least 4 members (excludes halogenated alkanes) is 41. The minimum atomic E-state index is -4.95. The van der Waals surface area contributed by atoms with Gasteiger partial charge in [-0.2, -0.15) is 0 Å². The SMILES string of the molecule is CCCCCCCCCCCCCCCCCCC(=O)OC[C@H](COP(=O)(O)OC[C@@H](O)COP(=O)(O)OC[C@@H](COC(=O)CCCCCCCCC)OC(=O)CCCCCCCCCCC(C)C)OC(=O)CCCCCCCCCCCCCCCCC(C)CC. The predicted molar refractivity (Wildman–Crippen MR) is 372 cm³/mol. The van der Waals surface area contributed by atoms with Crippen molar-refractivity contribution in [1.82, 2.24) is 0 Å². The molecule has 0 aromatic carbocycles. The van der Waals surface area contributed by atoms with E-state index in [4.69, 9.17) is 37.0 Å². The smallest absolute Gasteiger partial charge is 0.462 e. The largest absolute Gasteiger partial charge is 0.472 e. The minimum absolute atomic E-state index is 0.104. The Bertz CT molecular complexity index is 1790. The lowest BCUT2D eigenvalue weighted by atomic mass is 9.99. The predicted octanol–water partition coefficient (Wildman–Crippen LogP) is 21.2. The fourth-order valence-corrected chi connectivity index (χ4v) is 12.7. The van der Waals surface area contributed by atoms with Crippen molar-refractivity contribution in [3.8, 4) is 0 Å². The van der Waals surface area contributed by atoms with E-state index < -0.39 is 97.5 Å². The normalized spacial score (nSPS) is 14.4. The van der Waals surface area contributed by atoms with Crippen LogP contribution in [0, 0.1) is 11.8 Å². The molecule has 0 bridgehead atoms. The Kier molecular flexibility index (Phi) is 63.7. The maximum Gasteiger partial charge on any atom is 0.472 e. The van der Waals surface area contributed by atoms with Gasteiger partial charge in [0.15, 0.2) is 12.2 Å². The molecule has 0 aliphatic carbocycles. The van der Waals surface area contributed by atoms with Crippen LogP contribution in [-0.2, 0) is 65.4 Å². The van der Waals surface area contributed by atoms with Crippen molar-refractivity contribution in [1.29, 1.82) is 0 Å². The number of carbonyl (C=O) groups is 4. The van der Waals surface area contributed by atoms with Gasteiger partial charge in [-0.3, -0.25) is 37.3 Å². The molecule has 92 heavy (non-hydrogen) atoms. The Labute approximate surface area is 562 Å². The zero-order valence-electron chi connectivity index (χ0n) is 59.9. The second-order valence-corrected chi connectivity index (χ2v) is 30.0. The van der Waals surface area contributed by atoms with E-state index in [0.717, 1.165) is 115 Å². The average Bonchev–Trinajstić information content (AvgIpc) is 3.41. The fourth-order valence-electron chi connectivity index (χ4n) is 11.1. The highest BCUT2D eigenvalue weighted by Gasteiger charge is 2.30. The molecule has 0 rings (SSSR count). The van der Waals surface area contributed by atoms with Crippen molar-refractivity contribution < 1.29 is 80.2 Å². The molecule has 0 saturated carbocycles. The minimum Gasteiger partial charge on any atom is -0.462 e. The number of hydrogen-bond acceptors (Lipinski definition) is 15. The lowest BCUT2D eigenvalue weighted by molar-refractivity contribution is -0.161. The van der Waals surface area contributed by atoms with Crippen molar-refractivity contribution in [2.45, 2.75) is 394 Å². The van der Waals surface area contributed by atoms with E-state index in [1.807, 2.05) is 0 Å². The molecule has 0 fully saturated rings. The number of ether oxygens (including phenoxy) is 4. The van der Waals surface area contributed by atoms with Gasteiger partial charge in [0.2, 0.25) is 0 Å². The van der Waals surface area contributed by atoms with Gasteiger partial charge in [0.25, 0.3) is 0 Å². The molecule has 19 heteroatoms. The summed E-state index contributed by atoms with van der Waals surface area (Å²) in [5.74, 6) is -0.561. The molecule has 0 aromatic rings. The van der Waals surface area contributed by atoms with Gasteiger partial charge in [-0.25, -0.2) is 9.13 Å². The van der Waals surface area contributed by atoms with Crippen molar-refractivity contribution >= 4 is 39.5 Å². The Morgan fingerprint density at radius 2 is 0.554 bits per heavy atom. The number of aliphatic hydroxyl groups is 1. The summed E-state index contributed by atoms with van der Waals surface area (Å²) in [6.07, 6.45) is 51.5. The van der Waals surface area contributed by atoms with Crippen molar-refractivity contribution in [2.24, 2.45) is 11.8 Å². The van der Waals surface area contributed by atoms with E-state index in [-0.39, 0.29) is 25.7 Å². The first kappa shape index (κ1) is 90.1. The zero-order chi connectivity index (χ0) is 67.9. The standard InChI is InChI=1S/C73H142O17P2/c1-7-10-12-14-16-17-18-19-20-21-25-28-31-38-44-50-56-71(76)84-62-69(89-72(77)57-51-45-39-32-29-26-23-22-24-27-30-37-42-48-54-66(6)9-3)64-88-92(81,82)86-60-67(74)59-85-91(79,80)87-63-68(61-83-70(75)55-49-43-35-15-13-11-8-2)90-73(78)58-52-46-40-34-33-36-41-47-53-65(4)5/h65-69,74H,7-64H2,1-6H3,(H,79,80)(H,81,82)/t66?,67-,68+,69+/m0/s1. The van der Waals surface area contributed by atoms with Crippen LogP contribution in [0.25, 0.3) is 0 Å². The van der Waals surface area contributed by atoms with Gasteiger partial charge in [-0.1, -0.05) is 324 Å². The van der Waals surface area contributed by atoms with Crippen LogP contribution in [0.5, 0.6) is 0 Å². The van der Waals surface area contributed by atoms with E-state index in [1.165, 1.54) is 180 Å². The van der Waals surface area contributed by atoms with E-state index >= 15 is 0 Å². The molecule has 0 aliphatic heterocycles. The third kappa shape index (κ3) is 65.4. The van der Waals surface area contributed by atoms with Gasteiger partial charge in [-0.05, 0) is 37.5 Å². The van der Waals surface area contributed by atoms with Crippen LogP contribution < -0.4 is 0 Å². The maximum absolute atomic E-state index is 13.1. The monoisotopic (exact) mass is 1350 g/mol. The van der Waals surface area contributed by atoms with Crippen LogP contribution in [0.4, 0.5) is 0 Å². The quantitative estimate of drug-likeness (QED) is 0.0222. The van der Waals surface area contributed by atoms with Gasteiger partial charge in [0.1, 0.15) is 19.3 Å². The number of phosphoric ester groups is 2. The first-order chi connectivity index (χ1) is 44.4. The molecule has 0 aromatic heterocycles. The summed E-state index contributed by atoms with van der Waals surface area (Å²) in [6, 6.07) is 0. The zero-order valence-corrected chi connectivity index (χ0v) is 61.6. The molecule has 0 saturated heterocycles. The number of phosphoric acid groups is 2. The van der Waals surface area contributed by atoms with Gasteiger partial charge >= 0.3 is 39.5 Å². The van der Waals surface area contributed by atoms with Crippen LogP contribution in [0.2, 0.25) is 0 Å². The Morgan fingerprint density at radius 1 is 0.315 bits per heavy atom. The summed E-state index contributed by atoms with van der Waals surface area (Å²) < 4.78 is 68.3. The second-order valence-electron chi connectivity index (χ2n) is 27.1. The van der Waals surface area contributed by atoms with E-state index in [1.54, 1.807) is 0 Å². The third-order valence-electron chi connectivity index (χ3n) is 17.3. The lowest BCUT2D eigenvalue weighted by Gasteiger charge is -2.21. The van der Waals surface area contributed by atoms with Crippen molar-refractivity contribution in [2.75, 3.05) is 39.6 Å². The third-order valence-corrected chi connectivity index (χ3v) is 19.2. The highest BCUT2D eigenvalue weighted by molar-refractivity contribution is 7.47. The molecule has 17 nitrogen and oxygen atoms in total. The summed E-state index contributed by atoms with van der Waals surface area (Å²) >= 11 is 0. The highest BCUT2D eigenvalue weighted by Crippen LogP contribution is 2.45. The summed E-state index contributed by atoms with van der Waals surface area (Å²) in [6.45, 7) is 9.54. The van der Waals surface area contributed by atoms with Gasteiger partial charge in [0.05, 0.1) is 26.4 Å². The summed E-state index contributed by atoms with van der Waals surface area (Å²) in [7, 11) is -9.90. The van der Waals surface area contributed by atoms with Gasteiger partial charge in [-0.15, -0.1) is 0 Å². The molecule has 6 atom stereocenters. The van der Waals surface area contributed by atoms with Crippen LogP contribution in [-0.4, -0.2) is 96.7 Å². The number of hydrogen-bond donors (Lipinski definition) is 3. The van der Waals surface area contributed by atoms with E-state index in [9.17, 15) is 43.2 Å². The fraction of sp³-hybridized carbons (Fsp3) is 0.945. The Morgan fingerprint density at radius 3 is 0.826 bits per heavy atom. The molecule has 0 spiro atoms.